The fraction of sp³-hybridized carbons (Fsp3) is 0.100. The van der Waals surface area contributed by atoms with E-state index in [4.69, 9.17) is 10.7 Å². The molecule has 3 N–H and O–H groups in total. The molecule has 4 heterocycles. The average molecular weight is 417 g/mol. The molecule has 0 aliphatic carbocycles. The van der Waals surface area contributed by atoms with Gasteiger partial charge in [-0.25, -0.2) is 24.3 Å². The number of pyridine rings is 1. The van der Waals surface area contributed by atoms with E-state index in [1.807, 2.05) is 24.3 Å². The summed E-state index contributed by atoms with van der Waals surface area (Å²) in [5.41, 5.74) is 10.1. The number of benzene rings is 1. The third-order valence-electron chi connectivity index (χ3n) is 4.73. The minimum Gasteiger partial charge on any atom is -0.392 e. The minimum absolute atomic E-state index is 0.0679. The van der Waals surface area contributed by atoms with Gasteiger partial charge in [0.1, 0.15) is 16.9 Å². The van der Waals surface area contributed by atoms with E-state index in [0.717, 1.165) is 16.0 Å². The number of hydrogen-bond donors (Lipinski definition) is 2. The van der Waals surface area contributed by atoms with Crippen LogP contribution < -0.4 is 5.73 Å². The van der Waals surface area contributed by atoms with Crippen molar-refractivity contribution in [1.29, 1.82) is 0 Å². The van der Waals surface area contributed by atoms with Crippen molar-refractivity contribution in [1.82, 2.24) is 39.5 Å². The largest absolute Gasteiger partial charge is 0.392 e. The van der Waals surface area contributed by atoms with E-state index in [9.17, 15) is 9.50 Å². The molecule has 4 aromatic heterocycles. The molecule has 0 bridgehead atoms. The van der Waals surface area contributed by atoms with E-state index in [0.29, 0.717) is 34.1 Å². The number of imidazole rings is 1. The molecule has 0 saturated heterocycles. The second-order valence-corrected chi connectivity index (χ2v) is 6.65. The number of aromatic nitrogens is 8. The fourth-order valence-electron chi connectivity index (χ4n) is 3.25. The van der Waals surface area contributed by atoms with Crippen LogP contribution in [0.4, 0.5) is 10.2 Å². The lowest BCUT2D eigenvalue weighted by molar-refractivity contribution is 0.282. The molecule has 11 heteroatoms. The number of nitrogens with two attached hydrogens (primary N) is 1. The van der Waals surface area contributed by atoms with Gasteiger partial charge in [-0.2, -0.15) is 9.90 Å². The Bertz CT molecular complexity index is 1380. The maximum Gasteiger partial charge on any atom is 0.200 e. The first-order chi connectivity index (χ1) is 15.2. The minimum atomic E-state index is -0.826. The van der Waals surface area contributed by atoms with Crippen LogP contribution in [0.15, 0.2) is 55.0 Å². The van der Waals surface area contributed by atoms with Crippen molar-refractivity contribution < 1.29 is 9.50 Å². The summed E-state index contributed by atoms with van der Waals surface area (Å²) in [6.45, 7) is -0.894. The maximum absolute atomic E-state index is 12.8. The van der Waals surface area contributed by atoms with Gasteiger partial charge in [-0.05, 0) is 29.8 Å². The Kier molecular flexibility index (Phi) is 4.56. The molecule has 5 rings (SSSR count). The van der Waals surface area contributed by atoms with Crippen LogP contribution in [0.3, 0.4) is 0 Å². The van der Waals surface area contributed by atoms with Crippen molar-refractivity contribution in [2.24, 2.45) is 0 Å². The Morgan fingerprint density at radius 3 is 2.48 bits per heavy atom. The van der Waals surface area contributed by atoms with E-state index < -0.39 is 6.80 Å². The molecule has 0 radical (unpaired) electrons. The maximum atomic E-state index is 12.8. The molecule has 0 fully saturated rings. The molecule has 0 saturated carbocycles. The van der Waals surface area contributed by atoms with Crippen LogP contribution in [0.2, 0.25) is 0 Å². The van der Waals surface area contributed by atoms with Gasteiger partial charge < -0.3 is 10.8 Å². The van der Waals surface area contributed by atoms with Gasteiger partial charge in [0.05, 0.1) is 18.5 Å². The van der Waals surface area contributed by atoms with Gasteiger partial charge in [0.2, 0.25) is 6.80 Å². The van der Waals surface area contributed by atoms with E-state index in [-0.39, 0.29) is 12.4 Å². The Morgan fingerprint density at radius 2 is 1.77 bits per heavy atom. The molecule has 1 aromatic carbocycles. The second kappa shape index (κ2) is 7.54. The smallest absolute Gasteiger partial charge is 0.200 e. The Balaban J connectivity index is 1.76. The predicted octanol–water partition coefficient (Wildman–Crippen LogP) is 2.14. The Hall–Kier alpha value is -4.25. The van der Waals surface area contributed by atoms with Crippen molar-refractivity contribution in [2.45, 2.75) is 13.4 Å². The SMILES string of the molecule is Nc1nccnc1-c1nc2ccc(-c3cnn(CF)n3)nc2n1-c1ccc(CO)cc1. The van der Waals surface area contributed by atoms with Crippen molar-refractivity contribution in [3.63, 3.8) is 0 Å². The van der Waals surface area contributed by atoms with Gasteiger partial charge in [0, 0.05) is 18.1 Å². The molecule has 0 unspecified atom stereocenters. The van der Waals surface area contributed by atoms with Crippen LogP contribution in [0.1, 0.15) is 5.56 Å². The van der Waals surface area contributed by atoms with Crippen molar-refractivity contribution in [2.75, 3.05) is 5.73 Å². The molecule has 0 spiro atoms. The normalized spacial score (nSPS) is 11.3. The number of rotatable bonds is 5. The van der Waals surface area contributed by atoms with E-state index in [2.05, 4.69) is 25.1 Å². The fourth-order valence-corrected chi connectivity index (χ4v) is 3.25. The summed E-state index contributed by atoms with van der Waals surface area (Å²) < 4.78 is 14.6. The van der Waals surface area contributed by atoms with Crippen LogP contribution in [0.25, 0.3) is 39.8 Å². The van der Waals surface area contributed by atoms with Crippen molar-refractivity contribution >= 4 is 17.0 Å². The quantitative estimate of drug-likeness (QED) is 0.444. The first-order valence-corrected chi connectivity index (χ1v) is 9.31. The van der Waals surface area contributed by atoms with Crippen LogP contribution in [-0.4, -0.2) is 44.6 Å². The molecule has 31 heavy (non-hydrogen) atoms. The number of alkyl halides is 1. The molecule has 0 amide bonds. The first kappa shape index (κ1) is 18.8. The van der Waals surface area contributed by atoms with Crippen molar-refractivity contribution in [3.8, 4) is 28.6 Å². The number of nitrogens with zero attached hydrogens (tertiary/aromatic N) is 8. The number of aliphatic hydroxyl groups excluding tert-OH is 1. The summed E-state index contributed by atoms with van der Waals surface area (Å²) in [6.07, 6.45) is 4.50. The van der Waals surface area contributed by atoms with E-state index in [1.165, 1.54) is 12.4 Å². The second-order valence-electron chi connectivity index (χ2n) is 6.65. The highest BCUT2D eigenvalue weighted by molar-refractivity contribution is 5.83. The number of anilines is 1. The zero-order valence-electron chi connectivity index (χ0n) is 16.1. The van der Waals surface area contributed by atoms with E-state index >= 15 is 0 Å². The van der Waals surface area contributed by atoms with Crippen molar-refractivity contribution in [3.05, 3.63) is 60.6 Å². The Labute approximate surface area is 174 Å². The lowest BCUT2D eigenvalue weighted by Crippen LogP contribution is -2.04. The summed E-state index contributed by atoms with van der Waals surface area (Å²) in [7, 11) is 0. The molecular weight excluding hydrogens is 401 g/mol. The summed E-state index contributed by atoms with van der Waals surface area (Å²) in [4.78, 5) is 18.8. The molecule has 0 aliphatic heterocycles. The van der Waals surface area contributed by atoms with Crippen LogP contribution in [0, 0.1) is 0 Å². The van der Waals surface area contributed by atoms with Crippen LogP contribution >= 0.6 is 0 Å². The Morgan fingerprint density at radius 1 is 0.968 bits per heavy atom. The van der Waals surface area contributed by atoms with Gasteiger partial charge in [0.25, 0.3) is 0 Å². The predicted molar refractivity (Wildman–Crippen MR) is 110 cm³/mol. The third kappa shape index (κ3) is 3.26. The molecular formula is C20H16FN9O. The van der Waals surface area contributed by atoms with Crippen LogP contribution in [-0.2, 0) is 13.4 Å². The zero-order valence-corrected chi connectivity index (χ0v) is 16.1. The highest BCUT2D eigenvalue weighted by atomic mass is 19.1. The lowest BCUT2D eigenvalue weighted by atomic mass is 10.2. The molecule has 0 atom stereocenters. The summed E-state index contributed by atoms with van der Waals surface area (Å²) in [5, 5.41) is 17.3. The molecule has 5 aromatic rings. The summed E-state index contributed by atoms with van der Waals surface area (Å²) in [5.74, 6) is 0.701. The van der Waals surface area contributed by atoms with E-state index in [1.54, 1.807) is 22.9 Å². The summed E-state index contributed by atoms with van der Waals surface area (Å²) in [6, 6.07) is 10.8. The number of nitrogen functional groups attached to an aromatic ring is 1. The molecule has 154 valence electrons. The van der Waals surface area contributed by atoms with Crippen LogP contribution in [0.5, 0.6) is 0 Å². The van der Waals surface area contributed by atoms with Gasteiger partial charge in [-0.3, -0.25) is 4.57 Å². The first-order valence-electron chi connectivity index (χ1n) is 9.31. The molecule has 10 nitrogen and oxygen atoms in total. The van der Waals surface area contributed by atoms with Gasteiger partial charge >= 0.3 is 0 Å². The third-order valence-corrected chi connectivity index (χ3v) is 4.73. The van der Waals surface area contributed by atoms with Gasteiger partial charge in [-0.1, -0.05) is 12.1 Å². The number of fused-ring (bicyclic) bond motifs is 1. The van der Waals surface area contributed by atoms with Gasteiger partial charge in [-0.15, -0.1) is 5.10 Å². The number of hydrogen-bond acceptors (Lipinski definition) is 8. The highest BCUT2D eigenvalue weighted by Crippen LogP contribution is 2.30. The average Bonchev–Trinajstić information content (AvgIpc) is 3.44. The number of halogens is 1. The standard InChI is InChI=1S/C20H16FN9O/c21-11-29-25-9-16(28-29)14-5-6-15-19(26-14)30(13-3-1-12(10-31)2-4-13)20(27-15)17-18(22)24-8-7-23-17/h1-9,31H,10-11H2,(H2,22,24). The summed E-state index contributed by atoms with van der Waals surface area (Å²) >= 11 is 0. The zero-order chi connectivity index (χ0) is 21.4. The van der Waals surface area contributed by atoms with Gasteiger partial charge in [0.15, 0.2) is 17.3 Å². The lowest BCUT2D eigenvalue weighted by Gasteiger charge is -2.10. The highest BCUT2D eigenvalue weighted by Gasteiger charge is 2.20. The monoisotopic (exact) mass is 417 g/mol. The molecule has 0 aliphatic rings. The number of aliphatic hydroxyl groups is 1. The topological polar surface area (TPSA) is 133 Å².